The Bertz CT molecular complexity index is 657. The van der Waals surface area contributed by atoms with Gasteiger partial charge in [0, 0.05) is 19.1 Å². The molecule has 0 bridgehead atoms. The Morgan fingerprint density at radius 2 is 1.81 bits per heavy atom. The molecule has 2 atom stereocenters. The fourth-order valence-corrected chi connectivity index (χ4v) is 3.11. The second-order valence-corrected chi connectivity index (χ2v) is 7.27. The summed E-state index contributed by atoms with van der Waals surface area (Å²) in [5, 5.41) is 10.5. The minimum Gasteiger partial charge on any atom is -0.389 e. The summed E-state index contributed by atoms with van der Waals surface area (Å²) in [7, 11) is 0. The first-order valence-corrected chi connectivity index (χ1v) is 9.59. The van der Waals surface area contributed by atoms with E-state index in [1.165, 1.54) is 16.7 Å². The molecule has 0 saturated carbocycles. The van der Waals surface area contributed by atoms with Crippen LogP contribution in [0.15, 0.2) is 48.5 Å². The molecule has 0 aliphatic carbocycles. The summed E-state index contributed by atoms with van der Waals surface area (Å²) in [6.07, 6.45) is 0.571. The molecule has 2 rings (SSSR count). The van der Waals surface area contributed by atoms with Gasteiger partial charge in [0.2, 0.25) is 0 Å². The summed E-state index contributed by atoms with van der Waals surface area (Å²) < 4.78 is 5.71. The SMILES string of the molecule is CC[C@H](C)N(Cc1ccc(C)cc1C)C[C@H](O)COCc1ccccc1. The summed E-state index contributed by atoms with van der Waals surface area (Å²) in [5.41, 5.74) is 5.06. The Morgan fingerprint density at radius 1 is 1.08 bits per heavy atom. The van der Waals surface area contributed by atoms with Crippen molar-refractivity contribution in [3.8, 4) is 0 Å². The largest absolute Gasteiger partial charge is 0.389 e. The van der Waals surface area contributed by atoms with E-state index >= 15 is 0 Å². The smallest absolute Gasteiger partial charge is 0.0900 e. The standard InChI is InChI=1S/C23H33NO2/c1-5-20(4)24(14-22-12-11-18(2)13-19(22)3)15-23(25)17-26-16-21-9-7-6-8-10-21/h6-13,20,23,25H,5,14-17H2,1-4H3/t20-,23-/m0/s1. The highest BCUT2D eigenvalue weighted by atomic mass is 16.5. The lowest BCUT2D eigenvalue weighted by Crippen LogP contribution is -2.40. The summed E-state index contributed by atoms with van der Waals surface area (Å²) in [5.74, 6) is 0. The van der Waals surface area contributed by atoms with Crippen molar-refractivity contribution in [2.24, 2.45) is 0 Å². The topological polar surface area (TPSA) is 32.7 Å². The van der Waals surface area contributed by atoms with Crippen LogP contribution in [0, 0.1) is 13.8 Å². The predicted molar refractivity (Wildman–Crippen MR) is 108 cm³/mol. The average molecular weight is 356 g/mol. The number of rotatable bonds is 10. The van der Waals surface area contributed by atoms with Crippen molar-refractivity contribution in [2.45, 2.75) is 59.4 Å². The zero-order valence-corrected chi connectivity index (χ0v) is 16.6. The van der Waals surface area contributed by atoms with Gasteiger partial charge in [0.1, 0.15) is 0 Å². The van der Waals surface area contributed by atoms with Crippen molar-refractivity contribution < 1.29 is 9.84 Å². The molecule has 0 unspecified atom stereocenters. The fourth-order valence-electron chi connectivity index (χ4n) is 3.11. The highest BCUT2D eigenvalue weighted by molar-refractivity contribution is 5.30. The molecule has 0 saturated heterocycles. The van der Waals surface area contributed by atoms with Gasteiger partial charge in [0.05, 0.1) is 19.3 Å². The van der Waals surface area contributed by atoms with Gasteiger partial charge >= 0.3 is 0 Å². The van der Waals surface area contributed by atoms with Gasteiger partial charge in [-0.2, -0.15) is 0 Å². The number of benzene rings is 2. The van der Waals surface area contributed by atoms with Crippen LogP contribution in [0.3, 0.4) is 0 Å². The van der Waals surface area contributed by atoms with E-state index in [9.17, 15) is 5.11 Å². The van der Waals surface area contributed by atoms with Crippen LogP contribution in [0.4, 0.5) is 0 Å². The van der Waals surface area contributed by atoms with Crippen molar-refractivity contribution in [2.75, 3.05) is 13.2 Å². The van der Waals surface area contributed by atoms with E-state index < -0.39 is 6.10 Å². The monoisotopic (exact) mass is 355 g/mol. The van der Waals surface area contributed by atoms with E-state index in [-0.39, 0.29) is 0 Å². The molecule has 1 N–H and O–H groups in total. The molecule has 0 aliphatic rings. The summed E-state index contributed by atoms with van der Waals surface area (Å²) in [6, 6.07) is 17.1. The van der Waals surface area contributed by atoms with Crippen molar-refractivity contribution >= 4 is 0 Å². The third-order valence-corrected chi connectivity index (χ3v) is 4.95. The molecule has 26 heavy (non-hydrogen) atoms. The second-order valence-electron chi connectivity index (χ2n) is 7.27. The van der Waals surface area contributed by atoms with Gasteiger partial charge in [-0.3, -0.25) is 4.90 Å². The molecule has 0 aliphatic heterocycles. The molecular weight excluding hydrogens is 322 g/mol. The maximum Gasteiger partial charge on any atom is 0.0900 e. The maximum absolute atomic E-state index is 10.5. The second kappa shape index (κ2) is 10.5. The van der Waals surface area contributed by atoms with Crippen molar-refractivity contribution in [1.82, 2.24) is 4.90 Å². The first-order chi connectivity index (χ1) is 12.5. The van der Waals surface area contributed by atoms with E-state index in [1.54, 1.807) is 0 Å². The van der Waals surface area contributed by atoms with Gasteiger partial charge in [-0.15, -0.1) is 0 Å². The Labute approximate surface area is 158 Å². The molecule has 142 valence electrons. The van der Waals surface area contributed by atoms with Crippen LogP contribution in [0.1, 0.15) is 42.5 Å². The molecular formula is C23H33NO2. The number of aliphatic hydroxyl groups is 1. The van der Waals surface area contributed by atoms with E-state index in [2.05, 4.69) is 50.8 Å². The van der Waals surface area contributed by atoms with Crippen LogP contribution < -0.4 is 0 Å². The lowest BCUT2D eigenvalue weighted by molar-refractivity contribution is 0.00141. The Kier molecular flexibility index (Phi) is 8.30. The minimum absolute atomic E-state index is 0.356. The highest BCUT2D eigenvalue weighted by Gasteiger charge is 2.18. The number of ether oxygens (including phenoxy) is 1. The summed E-state index contributed by atoms with van der Waals surface area (Å²) >= 11 is 0. The van der Waals surface area contributed by atoms with E-state index in [4.69, 9.17) is 4.74 Å². The number of hydrogen-bond acceptors (Lipinski definition) is 3. The number of hydrogen-bond donors (Lipinski definition) is 1. The zero-order valence-electron chi connectivity index (χ0n) is 16.6. The van der Waals surface area contributed by atoms with Crippen LogP contribution in [-0.2, 0) is 17.9 Å². The Hall–Kier alpha value is -1.68. The molecule has 3 heteroatoms. The van der Waals surface area contributed by atoms with Crippen molar-refractivity contribution in [3.05, 3.63) is 70.8 Å². The molecule has 3 nitrogen and oxygen atoms in total. The van der Waals surface area contributed by atoms with Gasteiger partial charge in [0.25, 0.3) is 0 Å². The first-order valence-electron chi connectivity index (χ1n) is 9.59. The predicted octanol–water partition coefficient (Wildman–Crippen LogP) is 4.48. The molecule has 0 heterocycles. The van der Waals surface area contributed by atoms with Gasteiger partial charge in [-0.1, -0.05) is 61.0 Å². The van der Waals surface area contributed by atoms with Crippen LogP contribution in [0.25, 0.3) is 0 Å². The molecule has 0 amide bonds. The fraction of sp³-hybridized carbons (Fsp3) is 0.478. The zero-order chi connectivity index (χ0) is 18.9. The average Bonchev–Trinajstić information content (AvgIpc) is 2.63. The van der Waals surface area contributed by atoms with Crippen molar-refractivity contribution in [1.29, 1.82) is 0 Å². The van der Waals surface area contributed by atoms with Gasteiger partial charge in [0.15, 0.2) is 0 Å². The quantitative estimate of drug-likeness (QED) is 0.682. The number of aliphatic hydroxyl groups excluding tert-OH is 1. The van der Waals surface area contributed by atoms with Crippen LogP contribution in [-0.4, -0.2) is 35.3 Å². The van der Waals surface area contributed by atoms with Gasteiger partial charge in [-0.25, -0.2) is 0 Å². The number of nitrogens with zero attached hydrogens (tertiary/aromatic N) is 1. The normalized spacial score (nSPS) is 13.8. The molecule has 0 aromatic heterocycles. The van der Waals surface area contributed by atoms with E-state index in [1.807, 2.05) is 30.3 Å². The maximum atomic E-state index is 10.5. The molecule has 0 fully saturated rings. The molecule has 2 aromatic carbocycles. The van der Waals surface area contributed by atoms with Gasteiger partial charge in [-0.05, 0) is 43.9 Å². The molecule has 0 radical (unpaired) electrons. The lowest BCUT2D eigenvalue weighted by atomic mass is 10.0. The Morgan fingerprint density at radius 3 is 2.46 bits per heavy atom. The minimum atomic E-state index is -0.488. The van der Waals surface area contributed by atoms with E-state index in [0.717, 1.165) is 18.5 Å². The molecule has 2 aromatic rings. The number of aryl methyl sites for hydroxylation is 2. The van der Waals surface area contributed by atoms with E-state index in [0.29, 0.717) is 25.8 Å². The third-order valence-electron chi connectivity index (χ3n) is 4.95. The lowest BCUT2D eigenvalue weighted by Gasteiger charge is -2.31. The third kappa shape index (κ3) is 6.56. The van der Waals surface area contributed by atoms with Crippen LogP contribution in [0.2, 0.25) is 0 Å². The summed E-state index contributed by atoms with van der Waals surface area (Å²) in [6.45, 7) is 11.1. The van der Waals surface area contributed by atoms with Gasteiger partial charge < -0.3 is 9.84 Å². The summed E-state index contributed by atoms with van der Waals surface area (Å²) in [4.78, 5) is 2.36. The van der Waals surface area contributed by atoms with Crippen molar-refractivity contribution in [3.63, 3.8) is 0 Å². The van der Waals surface area contributed by atoms with Crippen LogP contribution in [0.5, 0.6) is 0 Å². The molecule has 0 spiro atoms. The van der Waals surface area contributed by atoms with Crippen LogP contribution >= 0.6 is 0 Å². The first kappa shape index (κ1) is 20.6. The highest BCUT2D eigenvalue weighted by Crippen LogP contribution is 2.16. The Balaban J connectivity index is 1.89.